The molecule has 2 atom stereocenters. The van der Waals surface area contributed by atoms with Crippen molar-refractivity contribution in [2.45, 2.75) is 32.1 Å². The van der Waals surface area contributed by atoms with Gasteiger partial charge in [-0.25, -0.2) is 8.78 Å². The number of halogens is 2. The summed E-state index contributed by atoms with van der Waals surface area (Å²) < 4.78 is 30.2. The maximum atomic E-state index is 15.3. The predicted octanol–water partition coefficient (Wildman–Crippen LogP) is 5.77. The minimum Gasteiger partial charge on any atom is -0.345 e. The summed E-state index contributed by atoms with van der Waals surface area (Å²) in [5.74, 6) is -0.865. The molecule has 1 aliphatic carbocycles. The molecule has 5 rings (SSSR count). The van der Waals surface area contributed by atoms with Crippen molar-refractivity contribution < 1.29 is 13.6 Å². The Hall–Kier alpha value is -4.13. The van der Waals surface area contributed by atoms with Crippen LogP contribution in [0.3, 0.4) is 0 Å². The third-order valence-electron chi connectivity index (χ3n) is 6.98. The SMILES string of the molecule is Cc1cnc(-c2cccc(C(=O)N(C)C)c2F)cc1-n1c(C)cc([C@@H]2CC2c2ccc(F)cc2)cc1=O. The fourth-order valence-corrected chi connectivity index (χ4v) is 4.93. The molecule has 2 aromatic heterocycles. The van der Waals surface area contributed by atoms with Gasteiger partial charge in [0.05, 0.1) is 16.9 Å². The second-order valence-electron chi connectivity index (χ2n) is 9.83. The molecule has 0 spiro atoms. The number of nitrogens with zero attached hydrogens (tertiary/aromatic N) is 3. The Kier molecular flexibility index (Phi) is 6.23. The average molecular weight is 500 g/mol. The van der Waals surface area contributed by atoms with Gasteiger partial charge in [0.2, 0.25) is 0 Å². The molecular formula is C30H27F2N3O2. The Morgan fingerprint density at radius 1 is 0.973 bits per heavy atom. The molecule has 1 saturated carbocycles. The van der Waals surface area contributed by atoms with Crippen LogP contribution in [-0.4, -0.2) is 34.5 Å². The molecule has 2 aromatic carbocycles. The van der Waals surface area contributed by atoms with E-state index in [1.807, 2.05) is 19.9 Å². The van der Waals surface area contributed by atoms with Crippen LogP contribution >= 0.6 is 0 Å². The fraction of sp³-hybridized carbons (Fsp3) is 0.233. The van der Waals surface area contributed by atoms with Gasteiger partial charge >= 0.3 is 0 Å². The molecule has 1 amide bonds. The number of rotatable bonds is 5. The van der Waals surface area contributed by atoms with Gasteiger partial charge < -0.3 is 4.90 Å². The second-order valence-corrected chi connectivity index (χ2v) is 9.83. The van der Waals surface area contributed by atoms with Crippen LogP contribution < -0.4 is 5.56 Å². The van der Waals surface area contributed by atoms with Gasteiger partial charge in [-0.05, 0) is 85.2 Å². The van der Waals surface area contributed by atoms with Gasteiger partial charge in [-0.3, -0.25) is 19.1 Å². The quantitative estimate of drug-likeness (QED) is 0.351. The van der Waals surface area contributed by atoms with Crippen molar-refractivity contribution in [1.82, 2.24) is 14.5 Å². The van der Waals surface area contributed by atoms with Crippen molar-refractivity contribution in [2.75, 3.05) is 14.1 Å². The number of pyridine rings is 2. The third kappa shape index (κ3) is 4.57. The molecule has 188 valence electrons. The zero-order chi connectivity index (χ0) is 26.4. The first kappa shape index (κ1) is 24.6. The molecule has 0 N–H and O–H groups in total. The summed E-state index contributed by atoms with van der Waals surface area (Å²) in [4.78, 5) is 31.5. The Morgan fingerprint density at radius 2 is 1.68 bits per heavy atom. The Bertz CT molecular complexity index is 1580. The highest BCUT2D eigenvalue weighted by Crippen LogP contribution is 2.54. The zero-order valence-corrected chi connectivity index (χ0v) is 21.1. The number of aryl methyl sites for hydroxylation is 2. The lowest BCUT2D eigenvalue weighted by Gasteiger charge is -2.16. The van der Waals surface area contributed by atoms with E-state index >= 15 is 4.39 Å². The number of benzene rings is 2. The van der Waals surface area contributed by atoms with E-state index in [9.17, 15) is 14.0 Å². The number of carbonyl (C=O) groups is 1. The molecule has 2 heterocycles. The van der Waals surface area contributed by atoms with E-state index in [4.69, 9.17) is 0 Å². The second kappa shape index (κ2) is 9.39. The summed E-state index contributed by atoms with van der Waals surface area (Å²) in [7, 11) is 3.14. The lowest BCUT2D eigenvalue weighted by atomic mass is 10.0. The molecule has 7 heteroatoms. The van der Waals surface area contributed by atoms with E-state index in [0.29, 0.717) is 11.4 Å². The highest BCUT2D eigenvalue weighted by molar-refractivity contribution is 5.95. The van der Waals surface area contributed by atoms with Crippen LogP contribution in [0.25, 0.3) is 16.9 Å². The topological polar surface area (TPSA) is 55.2 Å². The summed E-state index contributed by atoms with van der Waals surface area (Å²) in [6.07, 6.45) is 2.52. The highest BCUT2D eigenvalue weighted by Gasteiger charge is 2.40. The molecule has 1 fully saturated rings. The van der Waals surface area contributed by atoms with Gasteiger partial charge in [-0.1, -0.05) is 18.2 Å². The number of hydrogen-bond acceptors (Lipinski definition) is 3. The van der Waals surface area contributed by atoms with Crippen LogP contribution in [0.2, 0.25) is 0 Å². The van der Waals surface area contributed by atoms with Gasteiger partial charge in [0.25, 0.3) is 11.5 Å². The molecule has 1 unspecified atom stereocenters. The molecular weight excluding hydrogens is 472 g/mol. The van der Waals surface area contributed by atoms with Crippen LogP contribution in [0.4, 0.5) is 8.78 Å². The lowest BCUT2D eigenvalue weighted by Crippen LogP contribution is -2.23. The monoisotopic (exact) mass is 499 g/mol. The van der Waals surface area contributed by atoms with Gasteiger partial charge in [0.15, 0.2) is 0 Å². The smallest absolute Gasteiger partial charge is 0.256 e. The minimum atomic E-state index is -0.650. The van der Waals surface area contributed by atoms with Gasteiger partial charge in [0, 0.05) is 37.6 Å². The van der Waals surface area contributed by atoms with Crippen LogP contribution in [0.15, 0.2) is 71.7 Å². The summed E-state index contributed by atoms with van der Waals surface area (Å²) >= 11 is 0. The maximum absolute atomic E-state index is 15.3. The van der Waals surface area contributed by atoms with Crippen LogP contribution in [0.1, 0.15) is 51.0 Å². The van der Waals surface area contributed by atoms with Crippen molar-refractivity contribution in [2.24, 2.45) is 0 Å². The normalized spacial score (nSPS) is 16.5. The van der Waals surface area contributed by atoms with Gasteiger partial charge in [0.1, 0.15) is 11.6 Å². The van der Waals surface area contributed by atoms with Crippen LogP contribution in [0.5, 0.6) is 0 Å². The van der Waals surface area contributed by atoms with Crippen LogP contribution in [0, 0.1) is 25.5 Å². The minimum absolute atomic E-state index is 0.0377. The first-order valence-electron chi connectivity index (χ1n) is 12.1. The largest absolute Gasteiger partial charge is 0.345 e. The molecule has 0 radical (unpaired) electrons. The summed E-state index contributed by atoms with van der Waals surface area (Å²) in [5, 5.41) is 0. The standard InChI is InChI=1S/C30H27F2N3O2/c1-17-16-33-26(22-6-5-7-23(29(22)32)30(37)34(3)4)15-27(17)35-18(2)12-20(13-28(35)36)25-14-24(25)19-8-10-21(31)11-9-19/h5-13,15-16,24-25H,14H2,1-4H3/t24?,25-/m0/s1. The van der Waals surface area contributed by atoms with Crippen molar-refractivity contribution in [3.63, 3.8) is 0 Å². The van der Waals surface area contributed by atoms with Gasteiger partial charge in [-0.2, -0.15) is 0 Å². The summed E-state index contributed by atoms with van der Waals surface area (Å²) in [6, 6.07) is 16.5. The molecule has 0 aliphatic heterocycles. The van der Waals surface area contributed by atoms with Crippen LogP contribution in [-0.2, 0) is 0 Å². The molecule has 37 heavy (non-hydrogen) atoms. The van der Waals surface area contributed by atoms with Crippen molar-refractivity contribution in [3.8, 4) is 16.9 Å². The van der Waals surface area contributed by atoms with E-state index in [-0.39, 0.29) is 34.3 Å². The van der Waals surface area contributed by atoms with Crippen molar-refractivity contribution in [1.29, 1.82) is 0 Å². The Morgan fingerprint density at radius 3 is 2.35 bits per heavy atom. The van der Waals surface area contributed by atoms with E-state index in [2.05, 4.69) is 4.98 Å². The van der Waals surface area contributed by atoms with Crippen molar-refractivity contribution in [3.05, 3.63) is 117 Å². The average Bonchev–Trinajstić information content (AvgIpc) is 3.66. The molecule has 0 saturated heterocycles. The Labute approximate surface area is 214 Å². The lowest BCUT2D eigenvalue weighted by molar-refractivity contribution is 0.0823. The van der Waals surface area contributed by atoms with E-state index in [1.165, 1.54) is 23.1 Å². The van der Waals surface area contributed by atoms with E-state index in [1.54, 1.807) is 61.3 Å². The maximum Gasteiger partial charge on any atom is 0.256 e. The number of aromatic nitrogens is 2. The number of amides is 1. The third-order valence-corrected chi connectivity index (χ3v) is 6.98. The van der Waals surface area contributed by atoms with Crippen molar-refractivity contribution >= 4 is 5.91 Å². The fourth-order valence-electron chi connectivity index (χ4n) is 4.93. The number of hydrogen-bond donors (Lipinski definition) is 0. The molecule has 1 aliphatic rings. The first-order valence-corrected chi connectivity index (χ1v) is 12.1. The van der Waals surface area contributed by atoms with E-state index < -0.39 is 11.7 Å². The zero-order valence-electron chi connectivity index (χ0n) is 21.1. The van der Waals surface area contributed by atoms with Gasteiger partial charge in [-0.15, -0.1) is 0 Å². The number of carbonyl (C=O) groups excluding carboxylic acids is 1. The predicted molar refractivity (Wildman–Crippen MR) is 139 cm³/mol. The highest BCUT2D eigenvalue weighted by atomic mass is 19.1. The van der Waals surface area contributed by atoms with E-state index in [0.717, 1.165) is 28.8 Å². The first-order chi connectivity index (χ1) is 17.7. The summed E-state index contributed by atoms with van der Waals surface area (Å²) in [5.41, 5.74) is 4.45. The molecule has 5 nitrogen and oxygen atoms in total. The Balaban J connectivity index is 1.51. The summed E-state index contributed by atoms with van der Waals surface area (Å²) in [6.45, 7) is 3.72. The molecule has 0 bridgehead atoms. The molecule has 4 aromatic rings.